The van der Waals surface area contributed by atoms with E-state index in [4.69, 9.17) is 18.9 Å². The number of furan rings is 1. The van der Waals surface area contributed by atoms with E-state index in [-0.39, 0.29) is 25.0 Å². The quantitative estimate of drug-likeness (QED) is 0.305. The van der Waals surface area contributed by atoms with Gasteiger partial charge in [-0.25, -0.2) is 0 Å². The normalized spacial score (nSPS) is 15.3. The molecular weight excluding hydrogens is 437 g/mol. The molecule has 1 aliphatic rings. The van der Waals surface area contributed by atoms with Crippen molar-refractivity contribution in [3.8, 4) is 17.1 Å². The molecule has 8 heteroatoms. The maximum absolute atomic E-state index is 5.89. The summed E-state index contributed by atoms with van der Waals surface area (Å²) in [6, 6.07) is 17.3. The number of hydrogen-bond donors (Lipinski definition) is 0. The molecule has 1 fully saturated rings. The molecule has 0 spiro atoms. The third-order valence-corrected chi connectivity index (χ3v) is 5.35. The Kier molecular flexibility index (Phi) is 10.6. The molecule has 180 valence electrons. The molecule has 1 atom stereocenters. The standard InChI is InChI=1S/C23H22N3O3.C4H8O.Li/c1-16-3-2-4-17(13-16)20-9-10-26(25-20)23-8-7-22-21(24-23)14-18(29-22)5-6-19-15-27-11-12-28-19;1-3-5-4-2;/h2-4,8-10,13-14,19H,5-6,11-12,15H2,1H3;1-4H2;/q-1;-2;+1/t19-;;/m0../s1. The third kappa shape index (κ3) is 7.54. The molecule has 3 aromatic heterocycles. The van der Waals surface area contributed by atoms with E-state index in [0.717, 1.165) is 35.4 Å². The van der Waals surface area contributed by atoms with Crippen LogP contribution in [0.15, 0.2) is 53.1 Å². The zero-order valence-electron chi connectivity index (χ0n) is 20.5. The number of nitrogens with zero attached hydrogens (tertiary/aromatic N) is 3. The van der Waals surface area contributed by atoms with Crippen molar-refractivity contribution >= 4 is 11.1 Å². The summed E-state index contributed by atoms with van der Waals surface area (Å²) in [6.45, 7) is 12.0. The predicted octanol–water partition coefficient (Wildman–Crippen LogP) is 1.81. The Morgan fingerprint density at radius 2 is 2.03 bits per heavy atom. The molecule has 0 bridgehead atoms. The zero-order chi connectivity index (χ0) is 23.8. The summed E-state index contributed by atoms with van der Waals surface area (Å²) in [6.07, 6.45) is 3.70. The van der Waals surface area contributed by atoms with Gasteiger partial charge in [0, 0.05) is 29.6 Å². The van der Waals surface area contributed by atoms with E-state index in [2.05, 4.69) is 54.9 Å². The second-order valence-electron chi connectivity index (χ2n) is 7.92. The van der Waals surface area contributed by atoms with Gasteiger partial charge < -0.3 is 37.5 Å². The summed E-state index contributed by atoms with van der Waals surface area (Å²) in [5, 5.41) is 4.68. The minimum absolute atomic E-state index is 0. The minimum Gasteiger partial charge on any atom is -0.487 e. The maximum atomic E-state index is 5.89. The van der Waals surface area contributed by atoms with Crippen molar-refractivity contribution in [2.24, 2.45) is 0 Å². The monoisotopic (exact) mass is 467 g/mol. The predicted molar refractivity (Wildman–Crippen MR) is 131 cm³/mol. The van der Waals surface area contributed by atoms with Gasteiger partial charge in [0.1, 0.15) is 0 Å². The van der Waals surface area contributed by atoms with Crippen LogP contribution in [0.2, 0.25) is 0 Å². The van der Waals surface area contributed by atoms with Crippen molar-refractivity contribution in [3.05, 3.63) is 79.9 Å². The van der Waals surface area contributed by atoms with Crippen molar-refractivity contribution in [3.63, 3.8) is 0 Å². The van der Waals surface area contributed by atoms with E-state index in [1.165, 1.54) is 5.56 Å². The average Bonchev–Trinajstić information content (AvgIpc) is 3.51. The maximum Gasteiger partial charge on any atom is 1.00 e. The first-order valence-electron chi connectivity index (χ1n) is 11.5. The number of pyridine rings is 1. The molecule has 0 aliphatic carbocycles. The summed E-state index contributed by atoms with van der Waals surface area (Å²) in [5.41, 5.74) is 4.66. The smallest absolute Gasteiger partial charge is 0.487 e. The first-order valence-corrected chi connectivity index (χ1v) is 11.5. The van der Waals surface area contributed by atoms with Crippen LogP contribution < -0.4 is 18.9 Å². The third-order valence-electron chi connectivity index (χ3n) is 5.35. The van der Waals surface area contributed by atoms with E-state index < -0.39 is 0 Å². The van der Waals surface area contributed by atoms with E-state index >= 15 is 0 Å². The molecule has 0 unspecified atom stereocenters. The SMILES string of the molecule is Cc1cccc(-c2ccn(-c3c[c-]c4oc(CC[C@H]5COCCO5)cc4n3)n2)c1.[CH2-]COC[CH2-].[Li+]. The van der Waals surface area contributed by atoms with Gasteiger partial charge >= 0.3 is 18.9 Å². The first kappa shape index (κ1) is 27.2. The van der Waals surface area contributed by atoms with E-state index in [9.17, 15) is 0 Å². The molecule has 1 aromatic carbocycles. The van der Waals surface area contributed by atoms with Crippen LogP contribution in [-0.2, 0) is 20.6 Å². The van der Waals surface area contributed by atoms with Crippen LogP contribution in [0.5, 0.6) is 0 Å². The second-order valence-corrected chi connectivity index (χ2v) is 7.92. The molecule has 7 nitrogen and oxygen atoms in total. The Bertz CT molecular complexity index is 1180. The Balaban J connectivity index is 0.000000521. The summed E-state index contributed by atoms with van der Waals surface area (Å²) in [5.74, 6) is 1.60. The molecule has 1 saturated heterocycles. The van der Waals surface area contributed by atoms with Crippen molar-refractivity contribution < 1.29 is 37.5 Å². The Labute approximate surface area is 219 Å². The van der Waals surface area contributed by atoms with Crippen molar-refractivity contribution in [1.29, 1.82) is 0 Å². The van der Waals surface area contributed by atoms with Crippen LogP contribution >= 0.6 is 0 Å². The van der Waals surface area contributed by atoms with Gasteiger partial charge in [0.15, 0.2) is 0 Å². The van der Waals surface area contributed by atoms with Crippen molar-refractivity contribution in [2.45, 2.75) is 25.9 Å². The molecule has 0 saturated carbocycles. The number of rotatable bonds is 7. The largest absolute Gasteiger partial charge is 1.00 e. The fraction of sp³-hybridized carbons (Fsp3) is 0.333. The van der Waals surface area contributed by atoms with Gasteiger partial charge in [-0.3, -0.25) is 4.68 Å². The number of aromatic nitrogens is 3. The van der Waals surface area contributed by atoms with E-state index in [0.29, 0.717) is 44.4 Å². The fourth-order valence-electron chi connectivity index (χ4n) is 3.66. The van der Waals surface area contributed by atoms with Crippen LogP contribution in [-0.4, -0.2) is 53.9 Å². The van der Waals surface area contributed by atoms with Crippen LogP contribution in [0.4, 0.5) is 0 Å². The molecule has 0 amide bonds. The Morgan fingerprint density at radius 3 is 2.74 bits per heavy atom. The number of fused-ring (bicyclic) bond motifs is 1. The molecule has 0 N–H and O–H groups in total. The van der Waals surface area contributed by atoms with E-state index in [1.54, 1.807) is 10.7 Å². The molecule has 4 heterocycles. The van der Waals surface area contributed by atoms with Gasteiger partial charge in [0.05, 0.1) is 37.4 Å². The van der Waals surface area contributed by atoms with Gasteiger partial charge in [0.25, 0.3) is 0 Å². The van der Waals surface area contributed by atoms with Gasteiger partial charge in [-0.15, -0.1) is 12.1 Å². The summed E-state index contributed by atoms with van der Waals surface area (Å²) < 4.78 is 23.4. The van der Waals surface area contributed by atoms with Crippen LogP contribution in [0.3, 0.4) is 0 Å². The Hall–Kier alpha value is -2.40. The first-order chi connectivity index (χ1) is 16.7. The van der Waals surface area contributed by atoms with Gasteiger partial charge in [-0.1, -0.05) is 43.0 Å². The summed E-state index contributed by atoms with van der Waals surface area (Å²) in [7, 11) is 0. The Morgan fingerprint density at radius 1 is 1.17 bits per heavy atom. The number of ether oxygens (including phenoxy) is 3. The van der Waals surface area contributed by atoms with Crippen LogP contribution in [0.25, 0.3) is 28.2 Å². The van der Waals surface area contributed by atoms with Gasteiger partial charge in [0.2, 0.25) is 0 Å². The molecule has 0 radical (unpaired) electrons. The summed E-state index contributed by atoms with van der Waals surface area (Å²) >= 11 is 0. The van der Waals surface area contributed by atoms with Crippen LogP contribution in [0.1, 0.15) is 17.7 Å². The second kappa shape index (κ2) is 13.6. The number of aryl methyl sites for hydroxylation is 2. The molecular formula is C27H30LiN3O4-2. The topological polar surface area (TPSA) is 71.5 Å². The average molecular weight is 467 g/mol. The van der Waals surface area contributed by atoms with E-state index in [1.807, 2.05) is 24.4 Å². The number of benzene rings is 1. The van der Waals surface area contributed by atoms with Crippen LogP contribution in [0, 0.1) is 26.8 Å². The van der Waals surface area contributed by atoms with Gasteiger partial charge in [-0.2, -0.15) is 5.10 Å². The number of hydrogen-bond acceptors (Lipinski definition) is 6. The molecule has 35 heavy (non-hydrogen) atoms. The van der Waals surface area contributed by atoms with Crippen molar-refractivity contribution in [1.82, 2.24) is 14.8 Å². The minimum atomic E-state index is 0. The fourth-order valence-corrected chi connectivity index (χ4v) is 3.66. The summed E-state index contributed by atoms with van der Waals surface area (Å²) in [4.78, 5) is 4.70. The molecule has 4 aromatic rings. The zero-order valence-corrected chi connectivity index (χ0v) is 20.5. The molecule has 1 aliphatic heterocycles. The molecule has 5 rings (SSSR count). The van der Waals surface area contributed by atoms with Gasteiger partial charge in [-0.05, 0) is 31.0 Å². The van der Waals surface area contributed by atoms with Crippen molar-refractivity contribution in [2.75, 3.05) is 33.0 Å².